The zero-order valence-electron chi connectivity index (χ0n) is 6.65. The van der Waals surface area contributed by atoms with Gasteiger partial charge in [0.05, 0.1) is 11.1 Å². The average molecular weight is 180 g/mol. The van der Waals surface area contributed by atoms with Crippen LogP contribution < -0.4 is 4.90 Å². The third-order valence-corrected chi connectivity index (χ3v) is 2.39. The topological polar surface area (TPSA) is 44.1 Å². The molecule has 1 aromatic rings. The molecule has 4 heteroatoms. The predicted octanol–water partition coefficient (Wildman–Crippen LogP) is 1.62. The highest BCUT2D eigenvalue weighted by atomic mass is 32.1. The maximum atomic E-state index is 11.2. The number of hydrogen-bond donors (Lipinski definition) is 0. The standard InChI is InChI=1S/C8H8N2OS/c1-10(7(11)4-5-9)8-3-2-6-12-8/h2-3,6H,4H2,1H3. The summed E-state index contributed by atoms with van der Waals surface area (Å²) in [7, 11) is 1.67. The van der Waals surface area contributed by atoms with Crippen molar-refractivity contribution in [3.8, 4) is 6.07 Å². The minimum absolute atomic E-state index is 0.0611. The van der Waals surface area contributed by atoms with Gasteiger partial charge in [-0.05, 0) is 17.5 Å². The van der Waals surface area contributed by atoms with Crippen molar-refractivity contribution in [3.63, 3.8) is 0 Å². The maximum Gasteiger partial charge on any atom is 0.241 e. The zero-order chi connectivity index (χ0) is 8.97. The molecule has 0 saturated heterocycles. The Bertz CT molecular complexity index is 299. The number of anilines is 1. The second-order valence-corrected chi connectivity index (χ2v) is 3.17. The van der Waals surface area contributed by atoms with Crippen LogP contribution >= 0.6 is 11.3 Å². The Morgan fingerprint density at radius 2 is 2.58 bits per heavy atom. The van der Waals surface area contributed by atoms with Gasteiger partial charge in [0.15, 0.2) is 0 Å². The van der Waals surface area contributed by atoms with Crippen molar-refractivity contribution in [2.24, 2.45) is 0 Å². The SMILES string of the molecule is CN(C(=O)CC#N)c1cccs1. The van der Waals surface area contributed by atoms with E-state index in [0.29, 0.717) is 0 Å². The first-order chi connectivity index (χ1) is 5.75. The number of carbonyl (C=O) groups excluding carboxylic acids is 1. The van der Waals surface area contributed by atoms with Crippen molar-refractivity contribution < 1.29 is 4.79 Å². The lowest BCUT2D eigenvalue weighted by molar-refractivity contribution is -0.117. The van der Waals surface area contributed by atoms with Crippen LogP contribution in [0.1, 0.15) is 6.42 Å². The molecule has 0 bridgehead atoms. The summed E-state index contributed by atoms with van der Waals surface area (Å²) in [6, 6.07) is 5.54. The third-order valence-electron chi connectivity index (χ3n) is 1.44. The molecule has 0 aliphatic carbocycles. The Hall–Kier alpha value is -1.34. The predicted molar refractivity (Wildman–Crippen MR) is 48.0 cm³/mol. The average Bonchev–Trinajstić information content (AvgIpc) is 2.55. The van der Waals surface area contributed by atoms with E-state index in [1.807, 2.05) is 23.6 Å². The summed E-state index contributed by atoms with van der Waals surface area (Å²) in [5.74, 6) is -0.167. The molecule has 12 heavy (non-hydrogen) atoms. The monoisotopic (exact) mass is 180 g/mol. The number of amides is 1. The van der Waals surface area contributed by atoms with Crippen molar-refractivity contribution in [2.75, 3.05) is 11.9 Å². The molecule has 3 nitrogen and oxygen atoms in total. The minimum atomic E-state index is -0.167. The lowest BCUT2D eigenvalue weighted by Crippen LogP contribution is -2.24. The van der Waals surface area contributed by atoms with Crippen LogP contribution in [0.25, 0.3) is 0 Å². The van der Waals surface area contributed by atoms with E-state index in [0.717, 1.165) is 5.00 Å². The highest BCUT2D eigenvalue weighted by Crippen LogP contribution is 2.19. The second kappa shape index (κ2) is 3.88. The summed E-state index contributed by atoms with van der Waals surface area (Å²) in [6.07, 6.45) is -0.0611. The maximum absolute atomic E-state index is 11.2. The molecule has 0 radical (unpaired) electrons. The molecule has 1 aromatic heterocycles. The van der Waals surface area contributed by atoms with Gasteiger partial charge in [0.1, 0.15) is 6.42 Å². The van der Waals surface area contributed by atoms with Crippen LogP contribution in [0.3, 0.4) is 0 Å². The molecular weight excluding hydrogens is 172 g/mol. The molecule has 0 fully saturated rings. The van der Waals surface area contributed by atoms with Crippen molar-refractivity contribution in [3.05, 3.63) is 17.5 Å². The molecule has 0 atom stereocenters. The molecule has 1 heterocycles. The highest BCUT2D eigenvalue weighted by Gasteiger charge is 2.09. The van der Waals surface area contributed by atoms with Gasteiger partial charge in [0.2, 0.25) is 5.91 Å². The smallest absolute Gasteiger partial charge is 0.241 e. The summed E-state index contributed by atoms with van der Waals surface area (Å²) in [4.78, 5) is 12.6. The lowest BCUT2D eigenvalue weighted by Gasteiger charge is -2.11. The van der Waals surface area contributed by atoms with Gasteiger partial charge in [0, 0.05) is 7.05 Å². The van der Waals surface area contributed by atoms with Crippen molar-refractivity contribution >= 4 is 22.2 Å². The summed E-state index contributed by atoms with van der Waals surface area (Å²) in [5.41, 5.74) is 0. The van der Waals surface area contributed by atoms with Gasteiger partial charge in [-0.25, -0.2) is 0 Å². The molecule has 0 aliphatic rings. The van der Waals surface area contributed by atoms with Crippen LogP contribution in [0, 0.1) is 11.3 Å². The molecular formula is C8H8N2OS. The van der Waals surface area contributed by atoms with Crippen LogP contribution in [-0.2, 0) is 4.79 Å². The Morgan fingerprint density at radius 1 is 1.83 bits per heavy atom. The number of carbonyl (C=O) groups is 1. The van der Waals surface area contributed by atoms with E-state index in [2.05, 4.69) is 0 Å². The molecule has 0 aliphatic heterocycles. The summed E-state index contributed by atoms with van der Waals surface area (Å²) in [6.45, 7) is 0. The van der Waals surface area contributed by atoms with Crippen molar-refractivity contribution in [1.82, 2.24) is 0 Å². The largest absolute Gasteiger partial charge is 0.306 e. The van der Waals surface area contributed by atoms with E-state index in [-0.39, 0.29) is 12.3 Å². The fourth-order valence-electron chi connectivity index (χ4n) is 0.770. The first-order valence-electron chi connectivity index (χ1n) is 3.42. The fraction of sp³-hybridized carbons (Fsp3) is 0.250. The van der Waals surface area contributed by atoms with E-state index in [9.17, 15) is 4.79 Å². The van der Waals surface area contributed by atoms with Crippen LogP contribution in [0.2, 0.25) is 0 Å². The normalized spacial score (nSPS) is 9.00. The Kier molecular flexibility index (Phi) is 2.83. The van der Waals surface area contributed by atoms with Crippen LogP contribution in [0.4, 0.5) is 5.00 Å². The summed E-state index contributed by atoms with van der Waals surface area (Å²) < 4.78 is 0. The number of nitriles is 1. The van der Waals surface area contributed by atoms with Crippen LogP contribution in [0.15, 0.2) is 17.5 Å². The molecule has 0 aromatic carbocycles. The number of thiophene rings is 1. The molecule has 0 saturated carbocycles. The second-order valence-electron chi connectivity index (χ2n) is 2.24. The van der Waals surface area contributed by atoms with Crippen LogP contribution in [-0.4, -0.2) is 13.0 Å². The van der Waals surface area contributed by atoms with E-state index < -0.39 is 0 Å². The van der Waals surface area contributed by atoms with Gasteiger partial charge < -0.3 is 4.90 Å². The Labute approximate surface area is 74.8 Å². The van der Waals surface area contributed by atoms with E-state index in [1.54, 1.807) is 7.05 Å². The first-order valence-corrected chi connectivity index (χ1v) is 4.30. The lowest BCUT2D eigenvalue weighted by atomic mass is 10.4. The van der Waals surface area contributed by atoms with E-state index in [4.69, 9.17) is 5.26 Å². The fourth-order valence-corrected chi connectivity index (χ4v) is 1.48. The van der Waals surface area contributed by atoms with Gasteiger partial charge in [-0.15, -0.1) is 11.3 Å². The quantitative estimate of drug-likeness (QED) is 0.694. The Morgan fingerprint density at radius 3 is 3.08 bits per heavy atom. The van der Waals surface area contributed by atoms with Gasteiger partial charge >= 0.3 is 0 Å². The molecule has 62 valence electrons. The van der Waals surface area contributed by atoms with Crippen molar-refractivity contribution in [2.45, 2.75) is 6.42 Å². The molecule has 0 N–H and O–H groups in total. The molecule has 0 unspecified atom stereocenters. The molecule has 0 spiro atoms. The van der Waals surface area contributed by atoms with Gasteiger partial charge in [-0.2, -0.15) is 5.26 Å². The summed E-state index contributed by atoms with van der Waals surface area (Å²) in [5, 5.41) is 11.1. The third kappa shape index (κ3) is 1.83. The van der Waals surface area contributed by atoms with Crippen LogP contribution in [0.5, 0.6) is 0 Å². The Balaban J connectivity index is 2.67. The first kappa shape index (κ1) is 8.75. The zero-order valence-corrected chi connectivity index (χ0v) is 7.47. The molecule has 1 rings (SSSR count). The van der Waals surface area contributed by atoms with Gasteiger partial charge in [-0.3, -0.25) is 4.79 Å². The highest BCUT2D eigenvalue weighted by molar-refractivity contribution is 7.14. The van der Waals surface area contributed by atoms with Gasteiger partial charge in [-0.1, -0.05) is 0 Å². The van der Waals surface area contributed by atoms with Crippen molar-refractivity contribution in [1.29, 1.82) is 5.26 Å². The van der Waals surface area contributed by atoms with E-state index >= 15 is 0 Å². The number of hydrogen-bond acceptors (Lipinski definition) is 3. The molecule has 1 amide bonds. The van der Waals surface area contributed by atoms with Gasteiger partial charge in [0.25, 0.3) is 0 Å². The minimum Gasteiger partial charge on any atom is -0.306 e. The van der Waals surface area contributed by atoms with E-state index in [1.165, 1.54) is 16.2 Å². The number of nitrogens with zero attached hydrogens (tertiary/aromatic N) is 2. The summed E-state index contributed by atoms with van der Waals surface area (Å²) >= 11 is 1.48. The number of rotatable bonds is 2.